The van der Waals surface area contributed by atoms with Crippen LogP contribution in [-0.4, -0.2) is 27.7 Å². The van der Waals surface area contributed by atoms with Crippen molar-refractivity contribution >= 4 is 5.69 Å². The molecule has 0 unspecified atom stereocenters. The van der Waals surface area contributed by atoms with Crippen LogP contribution in [0.25, 0.3) is 0 Å². The van der Waals surface area contributed by atoms with Crippen molar-refractivity contribution in [3.8, 4) is 5.88 Å². The number of pyridine rings is 1. The summed E-state index contributed by atoms with van der Waals surface area (Å²) in [6.45, 7) is 6.31. The van der Waals surface area contributed by atoms with Crippen LogP contribution < -0.4 is 10.1 Å². The molecule has 5 nitrogen and oxygen atoms in total. The van der Waals surface area contributed by atoms with E-state index in [0.29, 0.717) is 12.5 Å². The highest BCUT2D eigenvalue weighted by Gasteiger charge is 1.98. The summed E-state index contributed by atoms with van der Waals surface area (Å²) in [5, 5.41) is 3.31. The van der Waals surface area contributed by atoms with Gasteiger partial charge in [-0.3, -0.25) is 0 Å². The average molecular weight is 246 g/mol. The highest BCUT2D eigenvalue weighted by molar-refractivity contribution is 5.41. The summed E-state index contributed by atoms with van der Waals surface area (Å²) >= 11 is 0. The predicted octanol–water partition coefficient (Wildman–Crippen LogP) is 2.10. The number of imidazole rings is 1. The zero-order valence-corrected chi connectivity index (χ0v) is 10.8. The number of anilines is 1. The fraction of sp³-hybridized carbons (Fsp3) is 0.385. The van der Waals surface area contributed by atoms with Crippen molar-refractivity contribution in [2.24, 2.45) is 0 Å². The van der Waals surface area contributed by atoms with E-state index in [1.807, 2.05) is 38.4 Å². The van der Waals surface area contributed by atoms with Gasteiger partial charge in [0.15, 0.2) is 0 Å². The van der Waals surface area contributed by atoms with Crippen LogP contribution in [-0.2, 0) is 6.54 Å². The van der Waals surface area contributed by atoms with Gasteiger partial charge in [0.05, 0.1) is 18.5 Å². The Kier molecular flexibility index (Phi) is 4.17. The lowest BCUT2D eigenvalue weighted by Gasteiger charge is -2.08. The van der Waals surface area contributed by atoms with Crippen LogP contribution in [0.4, 0.5) is 5.69 Å². The van der Waals surface area contributed by atoms with Gasteiger partial charge >= 0.3 is 0 Å². The molecule has 0 saturated heterocycles. The molecule has 0 aliphatic carbocycles. The third kappa shape index (κ3) is 3.23. The maximum Gasteiger partial charge on any atom is 0.213 e. The summed E-state index contributed by atoms with van der Waals surface area (Å²) < 4.78 is 7.39. The second-order valence-electron chi connectivity index (χ2n) is 3.91. The molecule has 2 heterocycles. The zero-order chi connectivity index (χ0) is 12.8. The van der Waals surface area contributed by atoms with Crippen LogP contribution in [0.5, 0.6) is 5.88 Å². The van der Waals surface area contributed by atoms with Crippen molar-refractivity contribution < 1.29 is 4.74 Å². The minimum Gasteiger partial charge on any atom is -0.478 e. The number of nitrogens with zero attached hydrogens (tertiary/aromatic N) is 3. The molecular formula is C13H18N4O. The molecule has 2 aromatic heterocycles. The average Bonchev–Trinajstić information content (AvgIpc) is 2.78. The number of aryl methyl sites for hydroxylation is 1. The Morgan fingerprint density at radius 1 is 1.33 bits per heavy atom. The van der Waals surface area contributed by atoms with Crippen LogP contribution in [0.1, 0.15) is 12.7 Å². The first-order valence-electron chi connectivity index (χ1n) is 6.10. The molecule has 0 bridgehead atoms. The van der Waals surface area contributed by atoms with E-state index < -0.39 is 0 Å². The second-order valence-corrected chi connectivity index (χ2v) is 3.91. The summed E-state index contributed by atoms with van der Waals surface area (Å²) in [6, 6.07) is 3.84. The van der Waals surface area contributed by atoms with E-state index in [0.717, 1.165) is 24.6 Å². The van der Waals surface area contributed by atoms with Gasteiger partial charge in [-0.25, -0.2) is 9.97 Å². The van der Waals surface area contributed by atoms with E-state index in [-0.39, 0.29) is 0 Å². The highest BCUT2D eigenvalue weighted by Crippen LogP contribution is 2.11. The van der Waals surface area contributed by atoms with Gasteiger partial charge in [-0.1, -0.05) is 0 Å². The molecule has 0 atom stereocenters. The first kappa shape index (κ1) is 12.4. The first-order chi connectivity index (χ1) is 8.79. The lowest BCUT2D eigenvalue weighted by Crippen LogP contribution is -2.11. The second kappa shape index (κ2) is 6.05. The Morgan fingerprint density at radius 3 is 2.83 bits per heavy atom. The van der Waals surface area contributed by atoms with E-state index in [1.165, 1.54) is 0 Å². The number of ether oxygens (including phenoxy) is 1. The van der Waals surface area contributed by atoms with Crippen LogP contribution in [0, 0.1) is 6.92 Å². The third-order valence-electron chi connectivity index (χ3n) is 2.63. The number of nitrogens with one attached hydrogen (secondary N) is 1. The third-order valence-corrected chi connectivity index (χ3v) is 2.63. The van der Waals surface area contributed by atoms with Crippen LogP contribution >= 0.6 is 0 Å². The molecule has 0 aliphatic heterocycles. The van der Waals surface area contributed by atoms with Crippen LogP contribution in [0.2, 0.25) is 0 Å². The van der Waals surface area contributed by atoms with Gasteiger partial charge in [-0.05, 0) is 19.9 Å². The number of hydrogen-bond acceptors (Lipinski definition) is 4. The Bertz CT molecular complexity index is 478. The van der Waals surface area contributed by atoms with Crippen LogP contribution in [0.3, 0.4) is 0 Å². The minimum absolute atomic E-state index is 0.639. The Hall–Kier alpha value is -2.04. The largest absolute Gasteiger partial charge is 0.478 e. The monoisotopic (exact) mass is 246 g/mol. The predicted molar refractivity (Wildman–Crippen MR) is 70.9 cm³/mol. The Balaban J connectivity index is 1.81. The summed E-state index contributed by atoms with van der Waals surface area (Å²) in [5.41, 5.74) is 0.997. The van der Waals surface area contributed by atoms with Crippen molar-refractivity contribution in [1.82, 2.24) is 14.5 Å². The Labute approximate surface area is 107 Å². The summed E-state index contributed by atoms with van der Waals surface area (Å²) in [5.74, 6) is 1.69. The first-order valence-corrected chi connectivity index (χ1v) is 6.10. The van der Waals surface area contributed by atoms with Gasteiger partial charge in [0.1, 0.15) is 5.82 Å². The van der Waals surface area contributed by atoms with E-state index in [2.05, 4.69) is 19.9 Å². The molecule has 1 N–H and O–H groups in total. The molecule has 18 heavy (non-hydrogen) atoms. The quantitative estimate of drug-likeness (QED) is 0.848. The SMILES string of the molecule is CCOc1ccc(NCCn2ccnc2C)cn1. The van der Waals surface area contributed by atoms with E-state index in [4.69, 9.17) is 4.74 Å². The maximum absolute atomic E-state index is 5.29. The van der Waals surface area contributed by atoms with Gasteiger partial charge in [0.2, 0.25) is 5.88 Å². The topological polar surface area (TPSA) is 52.0 Å². The molecule has 96 valence electrons. The smallest absolute Gasteiger partial charge is 0.213 e. The van der Waals surface area contributed by atoms with Crippen molar-refractivity contribution in [3.05, 3.63) is 36.5 Å². The summed E-state index contributed by atoms with van der Waals surface area (Å²) in [7, 11) is 0. The fourth-order valence-electron chi connectivity index (χ4n) is 1.68. The van der Waals surface area contributed by atoms with Crippen molar-refractivity contribution in [2.45, 2.75) is 20.4 Å². The fourth-order valence-corrected chi connectivity index (χ4v) is 1.68. The molecule has 0 aliphatic rings. The van der Waals surface area contributed by atoms with Gasteiger partial charge in [0, 0.05) is 31.5 Å². The van der Waals surface area contributed by atoms with E-state index >= 15 is 0 Å². The Morgan fingerprint density at radius 2 is 2.22 bits per heavy atom. The normalized spacial score (nSPS) is 10.3. The summed E-state index contributed by atoms with van der Waals surface area (Å²) in [4.78, 5) is 8.38. The molecule has 0 spiro atoms. The van der Waals surface area contributed by atoms with Crippen LogP contribution in [0.15, 0.2) is 30.7 Å². The molecular weight excluding hydrogens is 228 g/mol. The van der Waals surface area contributed by atoms with E-state index in [9.17, 15) is 0 Å². The van der Waals surface area contributed by atoms with Gasteiger partial charge in [-0.15, -0.1) is 0 Å². The molecule has 2 rings (SSSR count). The van der Waals surface area contributed by atoms with Crippen molar-refractivity contribution in [3.63, 3.8) is 0 Å². The molecule has 0 fully saturated rings. The minimum atomic E-state index is 0.639. The molecule has 0 amide bonds. The lowest BCUT2D eigenvalue weighted by molar-refractivity contribution is 0.327. The molecule has 5 heteroatoms. The highest BCUT2D eigenvalue weighted by atomic mass is 16.5. The van der Waals surface area contributed by atoms with Crippen molar-refractivity contribution in [1.29, 1.82) is 0 Å². The van der Waals surface area contributed by atoms with Gasteiger partial charge < -0.3 is 14.6 Å². The molecule has 0 saturated carbocycles. The molecule has 0 radical (unpaired) electrons. The number of hydrogen-bond donors (Lipinski definition) is 1. The zero-order valence-electron chi connectivity index (χ0n) is 10.8. The standard InChI is InChI=1S/C13H18N4O/c1-3-18-13-5-4-12(10-16-13)15-7-9-17-8-6-14-11(17)2/h4-6,8,10,15H,3,7,9H2,1-2H3. The number of rotatable bonds is 6. The van der Waals surface area contributed by atoms with Crippen molar-refractivity contribution in [2.75, 3.05) is 18.5 Å². The summed E-state index contributed by atoms with van der Waals surface area (Å²) in [6.07, 6.45) is 5.58. The van der Waals surface area contributed by atoms with E-state index in [1.54, 1.807) is 6.20 Å². The van der Waals surface area contributed by atoms with Gasteiger partial charge in [-0.2, -0.15) is 0 Å². The maximum atomic E-state index is 5.29. The molecule has 2 aromatic rings. The van der Waals surface area contributed by atoms with Gasteiger partial charge in [0.25, 0.3) is 0 Å². The number of aromatic nitrogens is 3. The molecule has 0 aromatic carbocycles. The lowest BCUT2D eigenvalue weighted by atomic mass is 10.4.